The maximum Gasteiger partial charge on any atom is 0.351 e. The molecule has 0 saturated carbocycles. The molecule has 48 heavy (non-hydrogen) atoms. The molecule has 16 nitrogen and oxygen atoms in total. The highest BCUT2D eigenvalue weighted by molar-refractivity contribution is 5.70. The predicted octanol–water partition coefficient (Wildman–Crippen LogP) is 0.702. The maximum absolute atomic E-state index is 15.1. The Hall–Kier alpha value is -4.14. The molecule has 0 aliphatic carbocycles. The number of hydrogen-bond donors (Lipinski definition) is 4. The quantitative estimate of drug-likeness (QED) is 0.198. The first kappa shape index (κ1) is 41.9. The highest BCUT2D eigenvalue weighted by atomic mass is 19.1. The highest BCUT2D eigenvalue weighted by Gasteiger charge is 2.60. The molecule has 4 rings (SSSR count). The number of aliphatic hydroxyl groups excluding tert-OH is 2. The van der Waals surface area contributed by atoms with Gasteiger partial charge in [0.2, 0.25) is 0 Å². The van der Waals surface area contributed by atoms with E-state index in [4.69, 9.17) is 35.5 Å². The lowest BCUT2D eigenvalue weighted by molar-refractivity contribution is -0.181. The van der Waals surface area contributed by atoms with Crippen molar-refractivity contribution in [3.05, 3.63) is 45.5 Å². The molecule has 2 aliphatic heterocycles. The Morgan fingerprint density at radius 2 is 1.35 bits per heavy atom. The number of rotatable bonds is 10. The Balaban J connectivity index is 0.000000486. The summed E-state index contributed by atoms with van der Waals surface area (Å²) in [6, 6.07) is 2.47. The molecule has 4 heterocycles. The van der Waals surface area contributed by atoms with E-state index in [-0.39, 0.29) is 39.3 Å². The number of aliphatic hydroxyl groups is 2. The Morgan fingerprint density at radius 3 is 1.75 bits per heavy atom. The van der Waals surface area contributed by atoms with Gasteiger partial charge in [-0.25, -0.2) is 27.2 Å². The highest BCUT2D eigenvalue weighted by Crippen LogP contribution is 2.42. The molecule has 2 fully saturated rings. The molecule has 272 valence electrons. The summed E-state index contributed by atoms with van der Waals surface area (Å²) in [4.78, 5) is 53.6. The van der Waals surface area contributed by atoms with Crippen LogP contribution < -0.4 is 22.8 Å². The van der Waals surface area contributed by atoms with E-state index >= 15 is 4.39 Å². The van der Waals surface area contributed by atoms with Crippen LogP contribution in [0.25, 0.3) is 0 Å². The summed E-state index contributed by atoms with van der Waals surface area (Å²) >= 11 is 0. The number of hydrogen-bond acceptors (Lipinski definition) is 14. The van der Waals surface area contributed by atoms with Gasteiger partial charge in [-0.15, -0.1) is 0 Å². The Labute approximate surface area is 272 Å². The van der Waals surface area contributed by atoms with Gasteiger partial charge in [-0.05, 0) is 12.1 Å². The van der Waals surface area contributed by atoms with Crippen molar-refractivity contribution in [3.63, 3.8) is 0 Å². The van der Waals surface area contributed by atoms with Gasteiger partial charge in [-0.1, -0.05) is 28.7 Å². The van der Waals surface area contributed by atoms with Crippen molar-refractivity contribution in [2.24, 2.45) is 0 Å². The van der Waals surface area contributed by atoms with Gasteiger partial charge in [0.25, 0.3) is 0 Å². The van der Waals surface area contributed by atoms with Crippen molar-refractivity contribution in [3.8, 4) is 0 Å². The van der Waals surface area contributed by atoms with Crippen molar-refractivity contribution in [2.45, 2.75) is 89.8 Å². The molecule has 2 aromatic rings. The molecule has 0 bridgehead atoms. The van der Waals surface area contributed by atoms with Gasteiger partial charge in [-0.3, -0.25) is 18.7 Å². The molecule has 8 atom stereocenters. The maximum atomic E-state index is 15.1. The summed E-state index contributed by atoms with van der Waals surface area (Å²) in [5.41, 5.74) is 4.69. The van der Waals surface area contributed by atoms with E-state index in [0.717, 1.165) is 21.5 Å². The van der Waals surface area contributed by atoms with Crippen molar-refractivity contribution in [2.75, 3.05) is 38.0 Å². The standard InChI is InChI=1S/C16H21F2N3O6.C10H13F2N3O4.2CH4/c1-3-10(22)25-8-16(7-17)13(26-11(23)4-2)12(18)14(27-16)21-6-5-9(19)20-15(21)24;11-3-10(4-16)7(17)6(12)8(19-10)15-2-1-5(13)14-9(15)18;;/h5-6,12-14H,3-4,7-8H2,1-2H3,(H2,19,20,24);1-2,6-8,16-17H,3-4H2,(H2,13,14,18);2*1H4/t12-,13+,14-,16-;6-,7+,8-,10-;;/m11../s1. The number of carbonyl (C=O) groups is 2. The summed E-state index contributed by atoms with van der Waals surface area (Å²) in [6.45, 7) is -1.22. The average molecular weight is 699 g/mol. The second-order valence-corrected chi connectivity index (χ2v) is 10.3. The summed E-state index contributed by atoms with van der Waals surface area (Å²) in [5.74, 6) is -1.62. The first-order chi connectivity index (χ1) is 21.7. The van der Waals surface area contributed by atoms with Crippen LogP contribution >= 0.6 is 0 Å². The van der Waals surface area contributed by atoms with Crippen molar-refractivity contribution >= 4 is 23.6 Å². The van der Waals surface area contributed by atoms with Gasteiger partial charge in [0.1, 0.15) is 37.7 Å². The number of halogens is 4. The number of carbonyl (C=O) groups excluding carboxylic acids is 2. The minimum Gasteiger partial charge on any atom is -0.462 e. The first-order valence-electron chi connectivity index (χ1n) is 13.8. The number of nitrogen functional groups attached to an aromatic ring is 2. The van der Waals surface area contributed by atoms with Crippen LogP contribution in [-0.2, 0) is 28.5 Å². The van der Waals surface area contributed by atoms with E-state index in [9.17, 15) is 37.5 Å². The van der Waals surface area contributed by atoms with Gasteiger partial charge < -0.3 is 40.6 Å². The second kappa shape index (κ2) is 17.3. The zero-order valence-corrected chi connectivity index (χ0v) is 24.6. The fraction of sp³-hybridized carbons (Fsp3) is 0.643. The number of ether oxygens (including phenoxy) is 4. The van der Waals surface area contributed by atoms with E-state index in [1.165, 1.54) is 26.0 Å². The van der Waals surface area contributed by atoms with Crippen molar-refractivity contribution < 1.29 is 56.3 Å². The van der Waals surface area contributed by atoms with E-state index < -0.39 is 98.1 Å². The third kappa shape index (κ3) is 8.47. The Kier molecular flexibility index (Phi) is 15.1. The summed E-state index contributed by atoms with van der Waals surface area (Å²) < 4.78 is 77.8. The number of esters is 2. The molecule has 2 aliphatic rings. The van der Waals surface area contributed by atoms with Crippen LogP contribution in [0.15, 0.2) is 34.1 Å². The monoisotopic (exact) mass is 698 g/mol. The summed E-state index contributed by atoms with van der Waals surface area (Å²) in [6.07, 6.45) is -8.85. The molecule has 0 spiro atoms. The lowest BCUT2D eigenvalue weighted by atomic mass is 9.97. The van der Waals surface area contributed by atoms with Crippen molar-refractivity contribution in [1.29, 1.82) is 0 Å². The summed E-state index contributed by atoms with van der Waals surface area (Å²) in [5, 5.41) is 18.7. The molecule has 6 N–H and O–H groups in total. The smallest absolute Gasteiger partial charge is 0.351 e. The third-order valence-electron chi connectivity index (χ3n) is 7.19. The van der Waals surface area contributed by atoms with E-state index in [1.54, 1.807) is 0 Å². The Morgan fingerprint density at radius 1 is 0.896 bits per heavy atom. The van der Waals surface area contributed by atoms with Crippen molar-refractivity contribution in [1.82, 2.24) is 19.1 Å². The molecule has 20 heteroatoms. The first-order valence-corrected chi connectivity index (χ1v) is 13.8. The fourth-order valence-electron chi connectivity index (χ4n) is 4.54. The number of nitrogens with zero attached hydrogens (tertiary/aromatic N) is 4. The van der Waals surface area contributed by atoms with Crippen LogP contribution in [-0.4, -0.2) is 104 Å². The van der Waals surface area contributed by atoms with E-state index in [2.05, 4.69) is 9.97 Å². The zero-order valence-electron chi connectivity index (χ0n) is 24.6. The van der Waals surface area contributed by atoms with Gasteiger partial charge >= 0.3 is 23.3 Å². The molecule has 2 saturated heterocycles. The summed E-state index contributed by atoms with van der Waals surface area (Å²) in [7, 11) is 0. The number of anilines is 2. The second-order valence-electron chi connectivity index (χ2n) is 10.3. The van der Waals surface area contributed by atoms with Crippen LogP contribution in [0, 0.1) is 0 Å². The third-order valence-corrected chi connectivity index (χ3v) is 7.19. The zero-order chi connectivity index (χ0) is 34.4. The molecule has 2 aromatic heterocycles. The Bertz CT molecular complexity index is 1500. The normalized spacial score (nSPS) is 29.1. The van der Waals surface area contributed by atoms with E-state index in [1.807, 2.05) is 0 Å². The van der Waals surface area contributed by atoms with Crippen LogP contribution in [0.1, 0.15) is 54.0 Å². The molecule has 0 unspecified atom stereocenters. The van der Waals surface area contributed by atoms with Gasteiger partial charge in [0.15, 0.2) is 42.1 Å². The molecular formula is C28H42F4N6O10. The van der Waals surface area contributed by atoms with E-state index in [0.29, 0.717) is 0 Å². The SMILES string of the molecule is C.C.CCC(=O)OC[C@@]1(CF)O[C@@H](n2ccc(N)nc2=O)[C@H](F)[C@@H]1OC(=O)CC.Nc1ccn([C@@H]2O[C@@](CO)(CF)[C@@H](O)[C@H]2F)c(=O)n1. The van der Waals surface area contributed by atoms with Crippen LogP contribution in [0.4, 0.5) is 29.2 Å². The minimum absolute atomic E-state index is 0. The number of aromatic nitrogens is 4. The predicted molar refractivity (Wildman–Crippen MR) is 161 cm³/mol. The lowest BCUT2D eigenvalue weighted by Crippen LogP contribution is -2.50. The van der Waals surface area contributed by atoms with Gasteiger partial charge in [0, 0.05) is 25.2 Å². The van der Waals surface area contributed by atoms with Crippen LogP contribution in [0.2, 0.25) is 0 Å². The minimum atomic E-state index is -2.11. The molecule has 0 aromatic carbocycles. The number of alkyl halides is 4. The molecular weight excluding hydrogens is 656 g/mol. The van der Waals surface area contributed by atoms with Crippen LogP contribution in [0.5, 0.6) is 0 Å². The largest absolute Gasteiger partial charge is 0.462 e. The topological polar surface area (TPSA) is 233 Å². The lowest BCUT2D eigenvalue weighted by Gasteiger charge is -2.30. The average Bonchev–Trinajstić information content (AvgIpc) is 3.45. The van der Waals surface area contributed by atoms with Crippen LogP contribution in [0.3, 0.4) is 0 Å². The fourth-order valence-corrected chi connectivity index (χ4v) is 4.54. The van der Waals surface area contributed by atoms with Gasteiger partial charge in [0.05, 0.1) is 6.61 Å². The van der Waals surface area contributed by atoms with Gasteiger partial charge in [-0.2, -0.15) is 9.97 Å². The number of nitrogens with two attached hydrogens (primary N) is 2. The molecule has 0 amide bonds. The molecule has 0 radical (unpaired) electrons.